The largest absolute Gasteiger partial charge is 0.332 e. The van der Waals surface area contributed by atoms with E-state index in [9.17, 15) is 9.18 Å². The van der Waals surface area contributed by atoms with Gasteiger partial charge >= 0.3 is 0 Å². The Morgan fingerprint density at radius 1 is 1.21 bits per heavy atom. The Morgan fingerprint density at radius 2 is 1.97 bits per heavy atom. The number of aromatic amines is 1. The van der Waals surface area contributed by atoms with Crippen molar-refractivity contribution in [3.05, 3.63) is 71.8 Å². The van der Waals surface area contributed by atoms with Gasteiger partial charge in [-0.25, -0.2) is 9.37 Å². The van der Waals surface area contributed by atoms with Crippen LogP contribution < -0.4 is 5.73 Å². The van der Waals surface area contributed by atoms with Crippen molar-refractivity contribution in [2.45, 2.75) is 37.8 Å². The van der Waals surface area contributed by atoms with E-state index in [4.69, 9.17) is 5.73 Å². The van der Waals surface area contributed by atoms with Crippen LogP contribution in [-0.2, 0) is 11.2 Å². The molecule has 150 valence electrons. The van der Waals surface area contributed by atoms with Gasteiger partial charge in [0.1, 0.15) is 11.6 Å². The zero-order valence-electron chi connectivity index (χ0n) is 16.1. The summed E-state index contributed by atoms with van der Waals surface area (Å²) in [6.45, 7) is 0.664. The second-order valence-corrected chi connectivity index (χ2v) is 7.42. The molecule has 2 aromatic carbocycles. The van der Waals surface area contributed by atoms with Crippen LogP contribution in [0.2, 0.25) is 0 Å². The zero-order chi connectivity index (χ0) is 20.2. The Morgan fingerprint density at radius 3 is 2.76 bits per heavy atom. The number of nitrogens with one attached hydrogen (secondary N) is 1. The molecule has 1 aliphatic rings. The average molecular weight is 393 g/mol. The number of amides is 1. The van der Waals surface area contributed by atoms with Gasteiger partial charge in [0, 0.05) is 24.6 Å². The number of hydrogen-bond donors (Lipinski definition) is 2. The van der Waals surface area contributed by atoms with Crippen LogP contribution in [-0.4, -0.2) is 38.6 Å². The first kappa shape index (κ1) is 19.3. The molecule has 0 unspecified atom stereocenters. The molecule has 0 saturated carbocycles. The van der Waals surface area contributed by atoms with Crippen molar-refractivity contribution < 1.29 is 9.18 Å². The molecule has 6 nitrogen and oxygen atoms in total. The van der Waals surface area contributed by atoms with Crippen LogP contribution >= 0.6 is 0 Å². The van der Waals surface area contributed by atoms with Crippen molar-refractivity contribution in [2.24, 2.45) is 5.73 Å². The number of carbonyl (C=O) groups excluding carboxylic acids is 1. The highest BCUT2D eigenvalue weighted by Crippen LogP contribution is 2.31. The van der Waals surface area contributed by atoms with Crippen LogP contribution in [0.15, 0.2) is 54.6 Å². The Hall–Kier alpha value is -3.06. The van der Waals surface area contributed by atoms with E-state index in [1.54, 1.807) is 18.2 Å². The Kier molecular flexibility index (Phi) is 5.67. The van der Waals surface area contributed by atoms with Crippen LogP contribution in [0.5, 0.6) is 0 Å². The van der Waals surface area contributed by atoms with E-state index < -0.39 is 6.04 Å². The second-order valence-electron chi connectivity index (χ2n) is 7.42. The number of aromatic nitrogens is 3. The molecule has 0 radical (unpaired) electrons. The van der Waals surface area contributed by atoms with E-state index in [1.165, 1.54) is 6.07 Å². The average Bonchev–Trinajstić information content (AvgIpc) is 3.40. The Bertz CT molecular complexity index is 974. The molecule has 1 aliphatic heterocycles. The molecule has 7 heteroatoms. The molecule has 1 aromatic heterocycles. The number of rotatable bonds is 6. The summed E-state index contributed by atoms with van der Waals surface area (Å²) in [7, 11) is 0. The molecule has 29 heavy (non-hydrogen) atoms. The fourth-order valence-corrected chi connectivity index (χ4v) is 3.85. The van der Waals surface area contributed by atoms with Gasteiger partial charge < -0.3 is 10.6 Å². The normalized spacial score (nSPS) is 17.4. The maximum Gasteiger partial charge on any atom is 0.224 e. The van der Waals surface area contributed by atoms with Crippen molar-refractivity contribution in [1.29, 1.82) is 0 Å². The first-order chi connectivity index (χ1) is 14.1. The van der Waals surface area contributed by atoms with Crippen molar-refractivity contribution in [1.82, 2.24) is 20.1 Å². The summed E-state index contributed by atoms with van der Waals surface area (Å²) in [5.74, 6) is 0.993. The second kappa shape index (κ2) is 8.53. The molecular weight excluding hydrogens is 369 g/mol. The predicted molar refractivity (Wildman–Crippen MR) is 108 cm³/mol. The van der Waals surface area contributed by atoms with Gasteiger partial charge in [-0.15, -0.1) is 0 Å². The molecule has 3 N–H and O–H groups in total. The minimum absolute atomic E-state index is 0.0333. The van der Waals surface area contributed by atoms with Gasteiger partial charge in [-0.1, -0.05) is 48.5 Å². The molecule has 2 heterocycles. The fourth-order valence-electron chi connectivity index (χ4n) is 3.85. The highest BCUT2D eigenvalue weighted by Gasteiger charge is 2.33. The molecule has 1 fully saturated rings. The quantitative estimate of drug-likeness (QED) is 0.673. The summed E-state index contributed by atoms with van der Waals surface area (Å²) >= 11 is 0. The predicted octanol–water partition coefficient (Wildman–Crippen LogP) is 3.23. The van der Waals surface area contributed by atoms with E-state index >= 15 is 0 Å². The third kappa shape index (κ3) is 4.35. The summed E-state index contributed by atoms with van der Waals surface area (Å²) in [4.78, 5) is 19.3. The summed E-state index contributed by atoms with van der Waals surface area (Å²) in [5.41, 5.74) is 7.62. The Labute approximate surface area is 169 Å². The first-order valence-electron chi connectivity index (χ1n) is 9.88. The van der Waals surface area contributed by atoms with Crippen LogP contribution in [0.25, 0.3) is 11.4 Å². The minimum atomic E-state index is -0.435. The lowest BCUT2D eigenvalue weighted by molar-refractivity contribution is -0.132. The molecule has 0 bridgehead atoms. The summed E-state index contributed by atoms with van der Waals surface area (Å²) in [5, 5.41) is 7.31. The molecule has 2 atom stereocenters. The summed E-state index contributed by atoms with van der Waals surface area (Å²) < 4.78 is 13.8. The van der Waals surface area contributed by atoms with Crippen LogP contribution in [0.4, 0.5) is 4.39 Å². The van der Waals surface area contributed by atoms with Crippen LogP contribution in [0.3, 0.4) is 0 Å². The fraction of sp³-hybridized carbons (Fsp3) is 0.318. The van der Waals surface area contributed by atoms with E-state index in [1.807, 2.05) is 35.2 Å². The van der Waals surface area contributed by atoms with E-state index in [0.717, 1.165) is 18.4 Å². The number of carbonyl (C=O) groups is 1. The summed E-state index contributed by atoms with van der Waals surface area (Å²) in [6.07, 6.45) is 2.24. The van der Waals surface area contributed by atoms with Crippen molar-refractivity contribution in [2.75, 3.05) is 6.54 Å². The molecule has 1 amide bonds. The van der Waals surface area contributed by atoms with E-state index in [0.29, 0.717) is 30.2 Å². The number of nitrogens with zero attached hydrogens (tertiary/aromatic N) is 3. The topological polar surface area (TPSA) is 87.9 Å². The van der Waals surface area contributed by atoms with E-state index in [-0.39, 0.29) is 24.2 Å². The maximum atomic E-state index is 13.8. The van der Waals surface area contributed by atoms with Gasteiger partial charge in [-0.3, -0.25) is 9.89 Å². The van der Waals surface area contributed by atoms with Gasteiger partial charge in [0.2, 0.25) is 5.91 Å². The number of nitrogens with two attached hydrogens (primary N) is 1. The molecule has 4 rings (SSSR count). The van der Waals surface area contributed by atoms with Gasteiger partial charge in [-0.2, -0.15) is 5.10 Å². The van der Waals surface area contributed by atoms with Gasteiger partial charge in [0.05, 0.1) is 6.04 Å². The zero-order valence-corrected chi connectivity index (χ0v) is 16.1. The number of likely N-dealkylation sites (tertiary alicyclic amines) is 1. The van der Waals surface area contributed by atoms with Crippen LogP contribution in [0.1, 0.15) is 36.7 Å². The van der Waals surface area contributed by atoms with Crippen molar-refractivity contribution in [3.8, 4) is 11.4 Å². The van der Waals surface area contributed by atoms with Gasteiger partial charge in [0.15, 0.2) is 5.82 Å². The lowest BCUT2D eigenvalue weighted by Crippen LogP contribution is -2.36. The monoisotopic (exact) mass is 393 g/mol. The SMILES string of the molecule is N[C@@H](CC(=O)N1CCC[C@H]1c1nc(-c2ccccc2)n[nH]1)Cc1ccccc1F. The third-order valence-corrected chi connectivity index (χ3v) is 5.30. The number of benzene rings is 2. The van der Waals surface area contributed by atoms with Crippen molar-refractivity contribution >= 4 is 5.91 Å². The highest BCUT2D eigenvalue weighted by atomic mass is 19.1. The Balaban J connectivity index is 1.42. The maximum absolute atomic E-state index is 13.8. The minimum Gasteiger partial charge on any atom is -0.332 e. The molecule has 3 aromatic rings. The lowest BCUT2D eigenvalue weighted by Gasteiger charge is -2.24. The summed E-state index contributed by atoms with van der Waals surface area (Å²) in [6, 6.07) is 15.7. The molecule has 0 aliphatic carbocycles. The highest BCUT2D eigenvalue weighted by molar-refractivity contribution is 5.77. The number of hydrogen-bond acceptors (Lipinski definition) is 4. The van der Waals surface area contributed by atoms with E-state index in [2.05, 4.69) is 15.2 Å². The lowest BCUT2D eigenvalue weighted by atomic mass is 10.0. The van der Waals surface area contributed by atoms with Crippen molar-refractivity contribution in [3.63, 3.8) is 0 Å². The van der Waals surface area contributed by atoms with Gasteiger partial charge in [-0.05, 0) is 30.9 Å². The third-order valence-electron chi connectivity index (χ3n) is 5.30. The molecular formula is C22H24FN5O. The number of halogens is 1. The van der Waals surface area contributed by atoms with Crippen LogP contribution in [0, 0.1) is 5.82 Å². The molecule has 1 saturated heterocycles. The number of H-pyrrole nitrogens is 1. The molecule has 0 spiro atoms. The first-order valence-corrected chi connectivity index (χ1v) is 9.88. The standard InChI is InChI=1S/C22H24FN5O/c23-18-10-5-4-9-16(18)13-17(24)14-20(29)28-12-6-11-19(28)22-25-21(26-27-22)15-7-2-1-3-8-15/h1-5,7-10,17,19H,6,11-14,24H2,(H,25,26,27)/t17-,19+/m1/s1. The van der Waals surface area contributed by atoms with Gasteiger partial charge in [0.25, 0.3) is 0 Å². The smallest absolute Gasteiger partial charge is 0.224 e.